The van der Waals surface area contributed by atoms with Gasteiger partial charge in [-0.15, -0.1) is 0 Å². The summed E-state index contributed by atoms with van der Waals surface area (Å²) in [4.78, 5) is 9.63. The van der Waals surface area contributed by atoms with Crippen molar-refractivity contribution in [3.05, 3.63) is 41.6 Å². The molecule has 3 rings (SSSR count). The second-order valence-corrected chi connectivity index (χ2v) is 6.29. The van der Waals surface area contributed by atoms with Gasteiger partial charge >= 0.3 is 6.18 Å². The molecule has 0 aliphatic carbocycles. The van der Waals surface area contributed by atoms with Crippen molar-refractivity contribution in [2.45, 2.75) is 33.1 Å². The van der Waals surface area contributed by atoms with Gasteiger partial charge in [-0.1, -0.05) is 0 Å². The average molecular weight is 379 g/mol. The van der Waals surface area contributed by atoms with Crippen molar-refractivity contribution >= 4 is 5.95 Å². The van der Waals surface area contributed by atoms with Crippen LogP contribution in [0.3, 0.4) is 0 Å². The summed E-state index contributed by atoms with van der Waals surface area (Å²) < 4.78 is 43.3. The van der Waals surface area contributed by atoms with Gasteiger partial charge in [0.25, 0.3) is 0 Å². The zero-order valence-corrected chi connectivity index (χ0v) is 15.5. The van der Waals surface area contributed by atoms with Crippen LogP contribution in [0.5, 0.6) is 0 Å². The van der Waals surface area contributed by atoms with Crippen molar-refractivity contribution in [2.24, 2.45) is 7.05 Å². The molecule has 0 bridgehead atoms. The predicted octanol–water partition coefficient (Wildman–Crippen LogP) is 3.06. The number of halogens is 3. The standard InChI is InChI=1S/C17H20F3N7/c1-5-27-10-13(11(2)24-27)8-25(3)16-22-14(12-7-21-26(4)9-12)6-15(23-16)17(18,19)20/h6-7,9-10H,5,8H2,1-4H3. The van der Waals surface area contributed by atoms with Gasteiger partial charge in [-0.2, -0.15) is 23.4 Å². The summed E-state index contributed by atoms with van der Waals surface area (Å²) in [6.07, 6.45) is 0.392. The number of alkyl halides is 3. The Balaban J connectivity index is 1.98. The van der Waals surface area contributed by atoms with Crippen LogP contribution in [0.15, 0.2) is 24.7 Å². The Bertz CT molecular complexity index is 942. The zero-order valence-electron chi connectivity index (χ0n) is 15.5. The maximum absolute atomic E-state index is 13.3. The first-order valence-corrected chi connectivity index (χ1v) is 8.36. The first-order chi connectivity index (χ1) is 12.7. The average Bonchev–Trinajstić information content (AvgIpc) is 3.19. The molecule has 0 unspecified atom stereocenters. The molecule has 7 nitrogen and oxygen atoms in total. The summed E-state index contributed by atoms with van der Waals surface area (Å²) in [5.74, 6) is -0.00711. The monoisotopic (exact) mass is 379 g/mol. The zero-order chi connectivity index (χ0) is 19.8. The van der Waals surface area contributed by atoms with Gasteiger partial charge in [0.05, 0.1) is 17.6 Å². The summed E-state index contributed by atoms with van der Waals surface area (Å²) in [5.41, 5.74) is 1.41. The van der Waals surface area contributed by atoms with E-state index in [2.05, 4.69) is 20.2 Å². The van der Waals surface area contributed by atoms with Crippen LogP contribution >= 0.6 is 0 Å². The van der Waals surface area contributed by atoms with E-state index in [0.29, 0.717) is 12.1 Å². The van der Waals surface area contributed by atoms with E-state index in [1.54, 1.807) is 29.9 Å². The molecule has 3 aromatic heterocycles. The minimum atomic E-state index is -4.57. The molecule has 3 heterocycles. The van der Waals surface area contributed by atoms with Crippen molar-refractivity contribution < 1.29 is 13.2 Å². The number of anilines is 1. The molecule has 0 amide bonds. The maximum Gasteiger partial charge on any atom is 0.433 e. The van der Waals surface area contributed by atoms with Crippen molar-refractivity contribution in [2.75, 3.05) is 11.9 Å². The van der Waals surface area contributed by atoms with Crippen molar-refractivity contribution in [3.63, 3.8) is 0 Å². The lowest BCUT2D eigenvalue weighted by Crippen LogP contribution is -2.21. The second-order valence-electron chi connectivity index (χ2n) is 6.29. The Morgan fingerprint density at radius 1 is 1.19 bits per heavy atom. The van der Waals surface area contributed by atoms with Crippen LogP contribution in [-0.4, -0.2) is 36.6 Å². The highest BCUT2D eigenvalue weighted by atomic mass is 19.4. The van der Waals surface area contributed by atoms with Crippen LogP contribution < -0.4 is 4.90 Å². The van der Waals surface area contributed by atoms with Crippen molar-refractivity contribution in [3.8, 4) is 11.3 Å². The fourth-order valence-corrected chi connectivity index (χ4v) is 2.65. The molecule has 0 aliphatic rings. The normalized spacial score (nSPS) is 11.8. The topological polar surface area (TPSA) is 64.7 Å². The van der Waals surface area contributed by atoms with E-state index < -0.39 is 11.9 Å². The summed E-state index contributed by atoms with van der Waals surface area (Å²) in [6, 6.07) is 0.939. The molecule has 0 aliphatic heterocycles. The van der Waals surface area contributed by atoms with Crippen molar-refractivity contribution in [1.82, 2.24) is 29.5 Å². The van der Waals surface area contributed by atoms with E-state index in [0.717, 1.165) is 23.9 Å². The minimum Gasteiger partial charge on any atom is -0.339 e. The van der Waals surface area contributed by atoms with E-state index in [1.165, 1.54) is 10.9 Å². The van der Waals surface area contributed by atoms with Crippen LogP contribution in [0.1, 0.15) is 23.9 Å². The third-order valence-electron chi connectivity index (χ3n) is 4.13. The fourth-order valence-electron chi connectivity index (χ4n) is 2.65. The van der Waals surface area contributed by atoms with E-state index >= 15 is 0 Å². The lowest BCUT2D eigenvalue weighted by molar-refractivity contribution is -0.141. The SMILES string of the molecule is CCn1cc(CN(C)c2nc(-c3cnn(C)c3)cc(C(F)(F)F)n2)c(C)n1. The number of rotatable bonds is 5. The number of nitrogens with zero attached hydrogens (tertiary/aromatic N) is 7. The lowest BCUT2D eigenvalue weighted by atomic mass is 10.2. The Labute approximate surface area is 154 Å². The summed E-state index contributed by atoms with van der Waals surface area (Å²) in [7, 11) is 3.35. The summed E-state index contributed by atoms with van der Waals surface area (Å²) in [6.45, 7) is 4.90. The largest absolute Gasteiger partial charge is 0.433 e. The molecule has 10 heteroatoms. The van der Waals surface area contributed by atoms with Gasteiger partial charge in [0.2, 0.25) is 5.95 Å². The maximum atomic E-state index is 13.3. The Hall–Kier alpha value is -2.91. The van der Waals surface area contributed by atoms with Gasteiger partial charge in [0, 0.05) is 50.7 Å². The second kappa shape index (κ2) is 7.01. The Morgan fingerprint density at radius 3 is 2.48 bits per heavy atom. The Morgan fingerprint density at radius 2 is 1.93 bits per heavy atom. The molecule has 0 saturated heterocycles. The van der Waals surface area contributed by atoms with Gasteiger partial charge in [-0.05, 0) is 19.9 Å². The number of hydrogen-bond acceptors (Lipinski definition) is 5. The Kier molecular flexibility index (Phi) is 4.90. The van der Waals surface area contributed by atoms with Crippen LogP contribution in [0.25, 0.3) is 11.3 Å². The lowest BCUT2D eigenvalue weighted by Gasteiger charge is -2.19. The molecule has 0 N–H and O–H groups in total. The predicted molar refractivity (Wildman–Crippen MR) is 94.0 cm³/mol. The summed E-state index contributed by atoms with van der Waals surface area (Å²) in [5, 5.41) is 8.36. The van der Waals surface area contributed by atoms with Gasteiger partial charge in [-0.3, -0.25) is 9.36 Å². The van der Waals surface area contributed by atoms with E-state index in [9.17, 15) is 13.2 Å². The molecule has 0 spiro atoms. The quantitative estimate of drug-likeness (QED) is 0.682. The van der Waals surface area contributed by atoms with Gasteiger partial charge in [0.1, 0.15) is 0 Å². The highest BCUT2D eigenvalue weighted by Crippen LogP contribution is 2.31. The molecular formula is C17H20F3N7. The molecule has 0 atom stereocenters. The molecule has 27 heavy (non-hydrogen) atoms. The molecule has 0 saturated carbocycles. The third-order valence-corrected chi connectivity index (χ3v) is 4.13. The van der Waals surface area contributed by atoms with Gasteiger partial charge < -0.3 is 4.90 Å². The first kappa shape index (κ1) is 18.9. The number of aromatic nitrogens is 6. The molecule has 0 aromatic carbocycles. The molecule has 0 fully saturated rings. The molecule has 3 aromatic rings. The van der Waals surface area contributed by atoms with Gasteiger partial charge in [0.15, 0.2) is 5.69 Å². The minimum absolute atomic E-state index is 0.00711. The van der Waals surface area contributed by atoms with Crippen molar-refractivity contribution in [1.29, 1.82) is 0 Å². The van der Waals surface area contributed by atoms with Gasteiger partial charge in [-0.25, -0.2) is 9.97 Å². The van der Waals surface area contributed by atoms with Crippen LogP contribution in [0.2, 0.25) is 0 Å². The van der Waals surface area contributed by atoms with Crippen LogP contribution in [0, 0.1) is 6.92 Å². The smallest absolute Gasteiger partial charge is 0.339 e. The highest BCUT2D eigenvalue weighted by molar-refractivity contribution is 5.59. The molecule has 0 radical (unpaired) electrons. The van der Waals surface area contributed by atoms with E-state index in [4.69, 9.17) is 0 Å². The van der Waals surface area contributed by atoms with E-state index in [1.807, 2.05) is 20.0 Å². The number of hydrogen-bond donors (Lipinski definition) is 0. The fraction of sp³-hybridized carbons (Fsp3) is 0.412. The van der Waals surface area contributed by atoms with E-state index in [-0.39, 0.29) is 11.6 Å². The number of aryl methyl sites for hydroxylation is 3. The molecular weight excluding hydrogens is 359 g/mol. The van der Waals surface area contributed by atoms with Crippen LogP contribution in [-0.2, 0) is 26.3 Å². The van der Waals surface area contributed by atoms with Crippen LogP contribution in [0.4, 0.5) is 19.1 Å². The highest BCUT2D eigenvalue weighted by Gasteiger charge is 2.34. The summed E-state index contributed by atoms with van der Waals surface area (Å²) >= 11 is 0. The third kappa shape index (κ3) is 4.09. The first-order valence-electron chi connectivity index (χ1n) is 8.36. The molecule has 144 valence electrons.